The molecule has 3 nitrogen and oxygen atoms in total. The molecular weight excluding hydrogens is 390 g/mol. The predicted molar refractivity (Wildman–Crippen MR) is 87.5 cm³/mol. The zero-order valence-electron chi connectivity index (χ0n) is 11.3. The van der Waals surface area contributed by atoms with Crippen LogP contribution < -0.4 is 0 Å². The smallest absolute Gasteiger partial charge is 0.0767 e. The van der Waals surface area contributed by atoms with Crippen LogP contribution in [-0.2, 0) is 26.6 Å². The van der Waals surface area contributed by atoms with Crippen LogP contribution in [0.25, 0.3) is 0 Å². The standard InChI is InChI=1S/C13H17Br2N3S/c1-4-11-13(15)12(18(3)16-11)7-17(2)6-10-5-9(14)8-19-10/h5,8H,4,6-7H2,1-3H3. The Bertz CT molecular complexity index is 562. The zero-order chi connectivity index (χ0) is 14.0. The van der Waals surface area contributed by atoms with Gasteiger partial charge in [-0.05, 0) is 51.4 Å². The SMILES string of the molecule is CCc1nn(C)c(CN(C)Cc2cc(Br)cs2)c1Br. The molecule has 6 heteroatoms. The van der Waals surface area contributed by atoms with Crippen molar-refractivity contribution >= 4 is 43.2 Å². The molecule has 0 aliphatic heterocycles. The molecule has 2 rings (SSSR count). The van der Waals surface area contributed by atoms with Gasteiger partial charge in [0, 0.05) is 34.9 Å². The molecule has 0 aliphatic carbocycles. The van der Waals surface area contributed by atoms with Gasteiger partial charge in [0.25, 0.3) is 0 Å². The van der Waals surface area contributed by atoms with E-state index in [1.54, 1.807) is 11.3 Å². The number of rotatable bonds is 5. The zero-order valence-corrected chi connectivity index (χ0v) is 15.3. The molecular formula is C13H17Br2N3S. The summed E-state index contributed by atoms with van der Waals surface area (Å²) in [6, 6.07) is 2.18. The van der Waals surface area contributed by atoms with Crippen LogP contribution in [0.1, 0.15) is 23.2 Å². The maximum absolute atomic E-state index is 4.53. The van der Waals surface area contributed by atoms with Crippen LogP contribution in [0, 0.1) is 0 Å². The number of aryl methyl sites for hydroxylation is 2. The second-order valence-electron chi connectivity index (χ2n) is 4.59. The first kappa shape index (κ1) is 15.2. The van der Waals surface area contributed by atoms with E-state index in [4.69, 9.17) is 0 Å². The van der Waals surface area contributed by atoms with E-state index < -0.39 is 0 Å². The summed E-state index contributed by atoms with van der Waals surface area (Å²) in [6.45, 7) is 3.97. The summed E-state index contributed by atoms with van der Waals surface area (Å²) in [5.74, 6) is 0. The van der Waals surface area contributed by atoms with Crippen LogP contribution >= 0.6 is 43.2 Å². The topological polar surface area (TPSA) is 21.1 Å². The summed E-state index contributed by atoms with van der Waals surface area (Å²) < 4.78 is 4.29. The van der Waals surface area contributed by atoms with Gasteiger partial charge in [-0.1, -0.05) is 6.92 Å². The first-order valence-corrected chi connectivity index (χ1v) is 8.59. The lowest BCUT2D eigenvalue weighted by atomic mass is 10.3. The quantitative estimate of drug-likeness (QED) is 0.741. The highest BCUT2D eigenvalue weighted by Crippen LogP contribution is 2.24. The molecule has 2 heterocycles. The van der Waals surface area contributed by atoms with Crippen LogP contribution in [-0.4, -0.2) is 21.7 Å². The first-order valence-electron chi connectivity index (χ1n) is 6.13. The van der Waals surface area contributed by atoms with Crippen LogP contribution in [0.4, 0.5) is 0 Å². The van der Waals surface area contributed by atoms with E-state index in [1.807, 2.05) is 11.7 Å². The molecule has 0 bridgehead atoms. The molecule has 0 spiro atoms. The minimum Gasteiger partial charge on any atom is -0.295 e. The van der Waals surface area contributed by atoms with E-state index in [-0.39, 0.29) is 0 Å². The van der Waals surface area contributed by atoms with Crippen molar-refractivity contribution in [1.29, 1.82) is 0 Å². The number of hydrogen-bond acceptors (Lipinski definition) is 3. The molecule has 2 aromatic heterocycles. The number of thiophene rings is 1. The molecule has 0 radical (unpaired) electrons. The largest absolute Gasteiger partial charge is 0.295 e. The number of halogens is 2. The summed E-state index contributed by atoms with van der Waals surface area (Å²) in [4.78, 5) is 3.67. The number of hydrogen-bond donors (Lipinski definition) is 0. The van der Waals surface area contributed by atoms with Crippen LogP contribution in [0.3, 0.4) is 0 Å². The normalized spacial score (nSPS) is 11.5. The minimum absolute atomic E-state index is 0.888. The third-order valence-corrected chi connectivity index (χ3v) is 5.57. The Balaban J connectivity index is 2.06. The number of aromatic nitrogens is 2. The summed E-state index contributed by atoms with van der Waals surface area (Å²) >= 11 is 8.94. The van der Waals surface area contributed by atoms with E-state index in [0.717, 1.165) is 34.1 Å². The summed E-state index contributed by atoms with van der Waals surface area (Å²) in [6.07, 6.45) is 0.954. The van der Waals surface area contributed by atoms with Crippen molar-refractivity contribution in [3.8, 4) is 0 Å². The van der Waals surface area contributed by atoms with Crippen molar-refractivity contribution in [1.82, 2.24) is 14.7 Å². The fraction of sp³-hybridized carbons (Fsp3) is 0.462. The molecule has 2 aromatic rings. The Morgan fingerprint density at radius 2 is 2.11 bits per heavy atom. The molecule has 0 aromatic carbocycles. The van der Waals surface area contributed by atoms with Crippen molar-refractivity contribution in [2.75, 3.05) is 7.05 Å². The second kappa shape index (κ2) is 6.52. The van der Waals surface area contributed by atoms with Gasteiger partial charge in [0.15, 0.2) is 0 Å². The Morgan fingerprint density at radius 3 is 2.63 bits per heavy atom. The van der Waals surface area contributed by atoms with Crippen LogP contribution in [0.2, 0.25) is 0 Å². The third kappa shape index (κ3) is 3.68. The summed E-state index contributed by atoms with van der Waals surface area (Å²) in [5.41, 5.74) is 2.36. The fourth-order valence-electron chi connectivity index (χ4n) is 2.01. The molecule has 0 amide bonds. The lowest BCUT2D eigenvalue weighted by molar-refractivity contribution is 0.311. The molecule has 19 heavy (non-hydrogen) atoms. The Kier molecular flexibility index (Phi) is 5.22. The monoisotopic (exact) mass is 405 g/mol. The van der Waals surface area contributed by atoms with E-state index in [2.05, 4.69) is 67.3 Å². The van der Waals surface area contributed by atoms with Gasteiger partial charge in [0.2, 0.25) is 0 Å². The van der Waals surface area contributed by atoms with Gasteiger partial charge in [-0.2, -0.15) is 5.10 Å². The molecule has 0 fully saturated rings. The van der Waals surface area contributed by atoms with Gasteiger partial charge in [0.05, 0.1) is 15.9 Å². The maximum Gasteiger partial charge on any atom is 0.0767 e. The van der Waals surface area contributed by atoms with Gasteiger partial charge in [-0.3, -0.25) is 9.58 Å². The van der Waals surface area contributed by atoms with E-state index in [0.29, 0.717) is 0 Å². The van der Waals surface area contributed by atoms with E-state index >= 15 is 0 Å². The van der Waals surface area contributed by atoms with E-state index in [9.17, 15) is 0 Å². The van der Waals surface area contributed by atoms with Gasteiger partial charge >= 0.3 is 0 Å². The highest BCUT2D eigenvalue weighted by molar-refractivity contribution is 9.10. The highest BCUT2D eigenvalue weighted by Gasteiger charge is 2.14. The molecule has 0 unspecified atom stereocenters. The minimum atomic E-state index is 0.888. The van der Waals surface area contributed by atoms with E-state index in [1.165, 1.54) is 10.6 Å². The first-order chi connectivity index (χ1) is 9.01. The van der Waals surface area contributed by atoms with Gasteiger partial charge in [-0.25, -0.2) is 0 Å². The molecule has 0 saturated carbocycles. The molecule has 0 atom stereocenters. The molecule has 104 valence electrons. The molecule has 0 aliphatic rings. The fourth-order valence-corrected chi connectivity index (χ4v) is 4.28. The third-order valence-electron chi connectivity index (χ3n) is 2.97. The van der Waals surface area contributed by atoms with Gasteiger partial charge < -0.3 is 0 Å². The average molecular weight is 407 g/mol. The lowest BCUT2D eigenvalue weighted by Gasteiger charge is -2.16. The lowest BCUT2D eigenvalue weighted by Crippen LogP contribution is -2.18. The van der Waals surface area contributed by atoms with Crippen molar-refractivity contribution in [2.24, 2.45) is 7.05 Å². The summed E-state index contributed by atoms with van der Waals surface area (Å²) in [7, 11) is 4.15. The maximum atomic E-state index is 4.53. The van der Waals surface area contributed by atoms with Crippen molar-refractivity contribution in [3.63, 3.8) is 0 Å². The highest BCUT2D eigenvalue weighted by atomic mass is 79.9. The average Bonchev–Trinajstić information content (AvgIpc) is 2.87. The van der Waals surface area contributed by atoms with Crippen molar-refractivity contribution < 1.29 is 0 Å². The summed E-state index contributed by atoms with van der Waals surface area (Å²) in [5, 5.41) is 6.65. The van der Waals surface area contributed by atoms with Crippen molar-refractivity contribution in [2.45, 2.75) is 26.4 Å². The number of nitrogens with zero attached hydrogens (tertiary/aromatic N) is 3. The predicted octanol–water partition coefficient (Wildman–Crippen LogP) is 4.20. The molecule has 0 N–H and O–H groups in total. The van der Waals surface area contributed by atoms with Crippen LogP contribution in [0.5, 0.6) is 0 Å². The second-order valence-corrected chi connectivity index (χ2v) is 7.29. The van der Waals surface area contributed by atoms with Gasteiger partial charge in [0.1, 0.15) is 0 Å². The Labute approximate surface area is 134 Å². The Hall–Kier alpha value is -0.170. The van der Waals surface area contributed by atoms with Crippen LogP contribution in [0.15, 0.2) is 20.4 Å². The Morgan fingerprint density at radius 1 is 1.37 bits per heavy atom. The molecule has 0 saturated heterocycles. The van der Waals surface area contributed by atoms with Crippen molar-refractivity contribution in [3.05, 3.63) is 36.7 Å². The van der Waals surface area contributed by atoms with Gasteiger partial charge in [-0.15, -0.1) is 11.3 Å².